The number of sulfone groups is 1. The average Bonchev–Trinajstić information content (AvgIpc) is 2.79. The summed E-state index contributed by atoms with van der Waals surface area (Å²) in [6, 6.07) is -0.0591. The standard InChI is InChI=1S/C12H19BN2O4S/c1-11(2)12(3,4)19-13(18-11)9-5-14-15(6-9)10-7-20(16,17)8-10/h5-6,10H,7-8H2,1-4H3. The summed E-state index contributed by atoms with van der Waals surface area (Å²) >= 11 is 0. The molecule has 0 unspecified atom stereocenters. The molecule has 0 bridgehead atoms. The number of aromatic nitrogens is 2. The lowest BCUT2D eigenvalue weighted by atomic mass is 9.82. The highest BCUT2D eigenvalue weighted by atomic mass is 32.2. The molecule has 2 saturated heterocycles. The van der Waals surface area contributed by atoms with Crippen molar-refractivity contribution in [2.45, 2.75) is 44.9 Å². The molecule has 0 saturated carbocycles. The van der Waals surface area contributed by atoms with Crippen LogP contribution in [-0.4, -0.2) is 48.0 Å². The van der Waals surface area contributed by atoms with Gasteiger partial charge in [0, 0.05) is 17.9 Å². The normalized spacial score (nSPS) is 27.5. The highest BCUT2D eigenvalue weighted by Gasteiger charge is 2.52. The molecule has 0 aliphatic carbocycles. The highest BCUT2D eigenvalue weighted by molar-refractivity contribution is 7.92. The second-order valence-corrected chi connectivity index (χ2v) is 8.73. The number of hydrogen-bond donors (Lipinski definition) is 0. The van der Waals surface area contributed by atoms with Gasteiger partial charge in [0.05, 0.1) is 28.7 Å². The molecule has 8 heteroatoms. The van der Waals surface area contributed by atoms with E-state index in [1.54, 1.807) is 10.9 Å². The maximum Gasteiger partial charge on any atom is 0.498 e. The van der Waals surface area contributed by atoms with Gasteiger partial charge in [-0.2, -0.15) is 5.10 Å². The molecular formula is C12H19BN2O4S. The zero-order valence-corrected chi connectivity index (χ0v) is 13.0. The molecule has 0 amide bonds. The molecule has 110 valence electrons. The van der Waals surface area contributed by atoms with Crippen molar-refractivity contribution in [3.05, 3.63) is 12.4 Å². The fourth-order valence-electron chi connectivity index (χ4n) is 2.34. The van der Waals surface area contributed by atoms with Gasteiger partial charge in [-0.05, 0) is 27.7 Å². The van der Waals surface area contributed by atoms with Crippen LogP contribution in [0.4, 0.5) is 0 Å². The van der Waals surface area contributed by atoms with Gasteiger partial charge in [0.25, 0.3) is 0 Å². The maximum atomic E-state index is 11.2. The minimum atomic E-state index is -2.85. The van der Waals surface area contributed by atoms with Crippen molar-refractivity contribution >= 4 is 22.4 Å². The maximum absolute atomic E-state index is 11.2. The first-order valence-corrected chi connectivity index (χ1v) is 8.52. The van der Waals surface area contributed by atoms with Crippen LogP contribution in [0.1, 0.15) is 33.7 Å². The number of hydrogen-bond acceptors (Lipinski definition) is 5. The third-order valence-corrected chi connectivity index (χ3v) is 6.20. The van der Waals surface area contributed by atoms with Gasteiger partial charge in [-0.25, -0.2) is 8.42 Å². The molecule has 0 aromatic carbocycles. The van der Waals surface area contributed by atoms with Crippen LogP contribution in [0.5, 0.6) is 0 Å². The summed E-state index contributed by atoms with van der Waals surface area (Å²) < 4.78 is 36.0. The summed E-state index contributed by atoms with van der Waals surface area (Å²) in [5.74, 6) is 0.328. The van der Waals surface area contributed by atoms with Crippen LogP contribution in [0.15, 0.2) is 12.4 Å². The lowest BCUT2D eigenvalue weighted by molar-refractivity contribution is 0.00578. The minimum Gasteiger partial charge on any atom is -0.399 e. The molecular weight excluding hydrogens is 279 g/mol. The fraction of sp³-hybridized carbons (Fsp3) is 0.750. The average molecular weight is 298 g/mol. The fourth-order valence-corrected chi connectivity index (χ4v) is 3.72. The van der Waals surface area contributed by atoms with Crippen molar-refractivity contribution in [1.82, 2.24) is 9.78 Å². The van der Waals surface area contributed by atoms with E-state index in [0.29, 0.717) is 0 Å². The molecule has 0 radical (unpaired) electrons. The summed E-state index contributed by atoms with van der Waals surface area (Å²) in [6.07, 6.45) is 3.51. The van der Waals surface area contributed by atoms with Crippen LogP contribution in [0.25, 0.3) is 0 Å². The van der Waals surface area contributed by atoms with Crippen molar-refractivity contribution in [2.24, 2.45) is 0 Å². The van der Waals surface area contributed by atoms with E-state index in [4.69, 9.17) is 9.31 Å². The molecule has 1 aromatic heterocycles. The molecule has 0 N–H and O–H groups in total. The second kappa shape index (κ2) is 4.08. The summed E-state index contributed by atoms with van der Waals surface area (Å²) in [6.45, 7) is 7.98. The first kappa shape index (κ1) is 14.1. The van der Waals surface area contributed by atoms with Gasteiger partial charge in [0.1, 0.15) is 0 Å². The van der Waals surface area contributed by atoms with E-state index in [1.165, 1.54) is 0 Å². The van der Waals surface area contributed by atoms with Crippen LogP contribution in [0.2, 0.25) is 0 Å². The molecule has 0 atom stereocenters. The molecule has 0 spiro atoms. The molecule has 3 rings (SSSR count). The van der Waals surface area contributed by atoms with Crippen molar-refractivity contribution in [3.8, 4) is 0 Å². The largest absolute Gasteiger partial charge is 0.498 e. The topological polar surface area (TPSA) is 70.4 Å². The molecule has 6 nitrogen and oxygen atoms in total. The lowest BCUT2D eigenvalue weighted by Crippen LogP contribution is -2.41. The molecule has 2 fully saturated rings. The van der Waals surface area contributed by atoms with Gasteiger partial charge in [-0.3, -0.25) is 4.68 Å². The van der Waals surface area contributed by atoms with Crippen molar-refractivity contribution < 1.29 is 17.7 Å². The van der Waals surface area contributed by atoms with Gasteiger partial charge in [-0.15, -0.1) is 0 Å². The molecule has 2 aliphatic rings. The molecule has 1 aromatic rings. The van der Waals surface area contributed by atoms with Gasteiger partial charge >= 0.3 is 7.12 Å². The van der Waals surface area contributed by atoms with E-state index in [9.17, 15) is 8.42 Å². The quantitative estimate of drug-likeness (QED) is 0.727. The lowest BCUT2D eigenvalue weighted by Gasteiger charge is -2.32. The third-order valence-electron chi connectivity index (χ3n) is 4.41. The van der Waals surface area contributed by atoms with E-state index < -0.39 is 17.0 Å². The van der Waals surface area contributed by atoms with Crippen molar-refractivity contribution in [1.29, 1.82) is 0 Å². The predicted octanol–water partition coefficient (Wildman–Crippen LogP) is 0.152. The van der Waals surface area contributed by atoms with E-state index in [-0.39, 0.29) is 28.7 Å². The van der Waals surface area contributed by atoms with Gasteiger partial charge in [-0.1, -0.05) is 0 Å². The Labute approximate surface area is 119 Å². The van der Waals surface area contributed by atoms with Gasteiger partial charge in [0.15, 0.2) is 9.84 Å². The Bertz CT molecular complexity index is 610. The Morgan fingerprint density at radius 3 is 2.30 bits per heavy atom. The monoisotopic (exact) mass is 298 g/mol. The minimum absolute atomic E-state index is 0.0591. The van der Waals surface area contributed by atoms with Crippen LogP contribution < -0.4 is 5.46 Å². The SMILES string of the molecule is CC1(C)OB(c2cnn(C3CS(=O)(=O)C3)c2)OC1(C)C. The van der Waals surface area contributed by atoms with E-state index in [1.807, 2.05) is 33.9 Å². The Balaban J connectivity index is 1.76. The molecule has 2 aliphatic heterocycles. The number of rotatable bonds is 2. The van der Waals surface area contributed by atoms with Gasteiger partial charge < -0.3 is 9.31 Å². The zero-order chi connectivity index (χ0) is 14.8. The van der Waals surface area contributed by atoms with Crippen molar-refractivity contribution in [2.75, 3.05) is 11.5 Å². The van der Waals surface area contributed by atoms with E-state index in [0.717, 1.165) is 5.46 Å². The summed E-state index contributed by atoms with van der Waals surface area (Å²) in [5, 5.41) is 4.24. The summed E-state index contributed by atoms with van der Waals surface area (Å²) in [7, 11) is -3.30. The number of nitrogens with zero attached hydrogens (tertiary/aromatic N) is 2. The Morgan fingerprint density at radius 1 is 1.25 bits per heavy atom. The summed E-state index contributed by atoms with van der Waals surface area (Å²) in [4.78, 5) is 0. The first-order valence-electron chi connectivity index (χ1n) is 6.70. The Kier molecular flexibility index (Phi) is 2.88. The van der Waals surface area contributed by atoms with Gasteiger partial charge in [0.2, 0.25) is 0 Å². The van der Waals surface area contributed by atoms with Crippen LogP contribution >= 0.6 is 0 Å². The first-order chi connectivity index (χ1) is 9.10. The van der Waals surface area contributed by atoms with E-state index >= 15 is 0 Å². The molecule has 3 heterocycles. The zero-order valence-electron chi connectivity index (χ0n) is 12.2. The second-order valence-electron chi connectivity index (χ2n) is 6.57. The Hall–Kier alpha value is -0.855. The Morgan fingerprint density at radius 2 is 1.80 bits per heavy atom. The highest BCUT2D eigenvalue weighted by Crippen LogP contribution is 2.36. The van der Waals surface area contributed by atoms with Crippen LogP contribution in [0.3, 0.4) is 0 Å². The molecule has 20 heavy (non-hydrogen) atoms. The third kappa shape index (κ3) is 2.19. The van der Waals surface area contributed by atoms with E-state index in [2.05, 4.69) is 5.10 Å². The van der Waals surface area contributed by atoms with Crippen LogP contribution in [0, 0.1) is 0 Å². The van der Waals surface area contributed by atoms with Crippen LogP contribution in [-0.2, 0) is 19.1 Å². The van der Waals surface area contributed by atoms with Crippen molar-refractivity contribution in [3.63, 3.8) is 0 Å². The smallest absolute Gasteiger partial charge is 0.399 e. The predicted molar refractivity (Wildman–Crippen MR) is 75.6 cm³/mol. The summed E-state index contributed by atoms with van der Waals surface area (Å²) in [5.41, 5.74) is 0.0482.